The Morgan fingerprint density at radius 2 is 2.07 bits per heavy atom. The van der Waals surface area contributed by atoms with Gasteiger partial charge in [0.15, 0.2) is 0 Å². The molecule has 0 aromatic rings. The van der Waals surface area contributed by atoms with Crippen molar-refractivity contribution in [3.63, 3.8) is 0 Å². The lowest BCUT2D eigenvalue weighted by Crippen LogP contribution is -2.20. The lowest BCUT2D eigenvalue weighted by molar-refractivity contribution is 0.242. The summed E-state index contributed by atoms with van der Waals surface area (Å²) in [6.07, 6.45) is 7.46. The first kappa shape index (κ1) is 11.5. The molecule has 2 atom stereocenters. The summed E-state index contributed by atoms with van der Waals surface area (Å²) in [5.74, 6) is 0. The average Bonchev–Trinajstić information content (AvgIpc) is 2.11. The third kappa shape index (κ3) is 2.48. The van der Waals surface area contributed by atoms with Gasteiger partial charge >= 0.3 is 0 Å². The molecule has 0 bridgehead atoms. The molecule has 1 heteroatoms. The quantitative estimate of drug-likeness (QED) is 0.667. The van der Waals surface area contributed by atoms with Gasteiger partial charge in [0.1, 0.15) is 0 Å². The van der Waals surface area contributed by atoms with Gasteiger partial charge in [-0.15, -0.1) is 0 Å². The van der Waals surface area contributed by atoms with E-state index in [1.807, 2.05) is 6.08 Å². The highest BCUT2D eigenvalue weighted by molar-refractivity contribution is 5.26. The summed E-state index contributed by atoms with van der Waals surface area (Å²) in [5.41, 5.74) is 3.19. The highest BCUT2D eigenvalue weighted by Crippen LogP contribution is 2.41. The molecule has 1 rings (SSSR count). The summed E-state index contributed by atoms with van der Waals surface area (Å²) in [4.78, 5) is 0. The fourth-order valence-corrected chi connectivity index (χ4v) is 2.14. The van der Waals surface area contributed by atoms with E-state index in [1.54, 1.807) is 6.92 Å². The van der Waals surface area contributed by atoms with Crippen molar-refractivity contribution in [3.8, 4) is 0 Å². The van der Waals surface area contributed by atoms with Gasteiger partial charge in [0.05, 0.1) is 6.10 Å². The van der Waals surface area contributed by atoms with Gasteiger partial charge in [-0.05, 0) is 40.0 Å². The topological polar surface area (TPSA) is 20.2 Å². The van der Waals surface area contributed by atoms with Crippen LogP contribution in [0.4, 0.5) is 0 Å². The van der Waals surface area contributed by atoms with Crippen LogP contribution >= 0.6 is 0 Å². The van der Waals surface area contributed by atoms with Crippen molar-refractivity contribution < 1.29 is 5.11 Å². The third-order valence-corrected chi connectivity index (χ3v) is 3.49. The van der Waals surface area contributed by atoms with Crippen LogP contribution in [0, 0.1) is 5.41 Å². The fraction of sp³-hybridized carbons (Fsp3) is 0.692. The van der Waals surface area contributed by atoms with E-state index < -0.39 is 0 Å². The maximum absolute atomic E-state index is 9.25. The Balaban J connectivity index is 2.88. The Kier molecular flexibility index (Phi) is 3.54. The van der Waals surface area contributed by atoms with Crippen LogP contribution < -0.4 is 0 Å². The average molecular weight is 194 g/mol. The number of allylic oxidation sites excluding steroid dienone is 3. The van der Waals surface area contributed by atoms with E-state index in [0.29, 0.717) is 0 Å². The third-order valence-electron chi connectivity index (χ3n) is 3.49. The summed E-state index contributed by atoms with van der Waals surface area (Å²) in [7, 11) is 0. The molecule has 0 radical (unpaired) electrons. The molecule has 1 aliphatic carbocycles. The summed E-state index contributed by atoms with van der Waals surface area (Å²) in [6, 6.07) is 0. The Labute approximate surface area is 87.5 Å². The summed E-state index contributed by atoms with van der Waals surface area (Å²) < 4.78 is 0. The lowest BCUT2D eigenvalue weighted by atomic mass is 9.72. The van der Waals surface area contributed by atoms with Gasteiger partial charge in [0.2, 0.25) is 0 Å². The van der Waals surface area contributed by atoms with Gasteiger partial charge < -0.3 is 5.11 Å². The first-order valence-corrected chi connectivity index (χ1v) is 5.50. The zero-order valence-corrected chi connectivity index (χ0v) is 9.80. The van der Waals surface area contributed by atoms with Crippen LogP contribution in [0.1, 0.15) is 47.0 Å². The van der Waals surface area contributed by atoms with E-state index in [0.717, 1.165) is 0 Å². The maximum atomic E-state index is 9.25. The lowest BCUT2D eigenvalue weighted by Gasteiger charge is -2.33. The van der Waals surface area contributed by atoms with Crippen LogP contribution in [0.5, 0.6) is 0 Å². The zero-order valence-electron chi connectivity index (χ0n) is 9.80. The standard InChI is InChI=1S/C13H22O/c1-10-6-5-8-13(4,12(10)3)9-7-11(2)14/h7,9,11,14H,5-6,8H2,1-4H3/b9-7+. The van der Waals surface area contributed by atoms with E-state index in [9.17, 15) is 5.11 Å². The second kappa shape index (κ2) is 4.31. The number of rotatable bonds is 2. The van der Waals surface area contributed by atoms with Gasteiger partial charge in [0, 0.05) is 5.41 Å². The summed E-state index contributed by atoms with van der Waals surface area (Å²) in [6.45, 7) is 8.52. The number of hydrogen-bond acceptors (Lipinski definition) is 1. The molecule has 0 aromatic heterocycles. The van der Waals surface area contributed by atoms with Crippen molar-refractivity contribution in [2.45, 2.75) is 53.1 Å². The molecule has 1 nitrogen and oxygen atoms in total. The Hall–Kier alpha value is -0.560. The number of aliphatic hydroxyl groups excluding tert-OH is 1. The minimum absolute atomic E-state index is 0.180. The molecule has 0 aromatic carbocycles. The monoisotopic (exact) mass is 194 g/mol. The minimum atomic E-state index is -0.332. The molecule has 0 fully saturated rings. The molecule has 14 heavy (non-hydrogen) atoms. The fourth-order valence-electron chi connectivity index (χ4n) is 2.14. The molecule has 0 spiro atoms. The van der Waals surface area contributed by atoms with Crippen molar-refractivity contribution >= 4 is 0 Å². The van der Waals surface area contributed by atoms with Crippen LogP contribution in [0.15, 0.2) is 23.3 Å². The second-order valence-corrected chi connectivity index (χ2v) is 4.78. The van der Waals surface area contributed by atoms with Crippen LogP contribution in [-0.4, -0.2) is 11.2 Å². The van der Waals surface area contributed by atoms with Gasteiger partial charge in [-0.2, -0.15) is 0 Å². The second-order valence-electron chi connectivity index (χ2n) is 4.78. The van der Waals surface area contributed by atoms with E-state index in [1.165, 1.54) is 30.4 Å². The van der Waals surface area contributed by atoms with Crippen LogP contribution in [-0.2, 0) is 0 Å². The molecular weight excluding hydrogens is 172 g/mol. The molecule has 0 aliphatic heterocycles. The van der Waals surface area contributed by atoms with Gasteiger partial charge in [-0.25, -0.2) is 0 Å². The molecule has 2 unspecified atom stereocenters. The first-order valence-electron chi connectivity index (χ1n) is 5.50. The smallest absolute Gasteiger partial charge is 0.0693 e. The van der Waals surface area contributed by atoms with E-state index in [-0.39, 0.29) is 11.5 Å². The van der Waals surface area contributed by atoms with E-state index in [2.05, 4.69) is 26.8 Å². The Morgan fingerprint density at radius 3 is 2.64 bits per heavy atom. The summed E-state index contributed by atoms with van der Waals surface area (Å²) >= 11 is 0. The highest BCUT2D eigenvalue weighted by Gasteiger charge is 2.27. The minimum Gasteiger partial charge on any atom is -0.389 e. The van der Waals surface area contributed by atoms with Crippen molar-refractivity contribution in [2.75, 3.05) is 0 Å². The molecule has 1 aliphatic rings. The highest BCUT2D eigenvalue weighted by atomic mass is 16.3. The van der Waals surface area contributed by atoms with E-state index >= 15 is 0 Å². The largest absolute Gasteiger partial charge is 0.389 e. The van der Waals surface area contributed by atoms with Crippen LogP contribution in [0.3, 0.4) is 0 Å². The summed E-state index contributed by atoms with van der Waals surface area (Å²) in [5, 5.41) is 9.25. The number of hydrogen-bond donors (Lipinski definition) is 1. The van der Waals surface area contributed by atoms with Crippen molar-refractivity contribution in [1.29, 1.82) is 0 Å². The Morgan fingerprint density at radius 1 is 1.43 bits per heavy atom. The van der Waals surface area contributed by atoms with Gasteiger partial charge in [0.25, 0.3) is 0 Å². The molecular formula is C13H22O. The maximum Gasteiger partial charge on any atom is 0.0693 e. The predicted molar refractivity (Wildman–Crippen MR) is 61.2 cm³/mol. The molecule has 0 saturated heterocycles. The van der Waals surface area contributed by atoms with Crippen molar-refractivity contribution in [3.05, 3.63) is 23.3 Å². The normalized spacial score (nSPS) is 31.2. The van der Waals surface area contributed by atoms with Gasteiger partial charge in [-0.3, -0.25) is 0 Å². The Bertz CT molecular complexity index is 260. The van der Waals surface area contributed by atoms with Gasteiger partial charge in [-0.1, -0.05) is 30.2 Å². The zero-order chi connectivity index (χ0) is 10.8. The molecule has 1 N–H and O–H groups in total. The van der Waals surface area contributed by atoms with Crippen LogP contribution in [0.25, 0.3) is 0 Å². The number of aliphatic hydroxyl groups is 1. The molecule has 0 heterocycles. The van der Waals surface area contributed by atoms with Crippen molar-refractivity contribution in [1.82, 2.24) is 0 Å². The predicted octanol–water partition coefficient (Wildman–Crippen LogP) is 3.45. The molecule has 0 saturated carbocycles. The first-order chi connectivity index (χ1) is 6.46. The molecule has 0 amide bonds. The SMILES string of the molecule is CC1=C(C)C(C)(/C=C/C(C)O)CCC1. The van der Waals surface area contributed by atoms with E-state index in [4.69, 9.17) is 0 Å². The van der Waals surface area contributed by atoms with Crippen LogP contribution in [0.2, 0.25) is 0 Å². The molecule has 80 valence electrons. The van der Waals surface area contributed by atoms with Crippen molar-refractivity contribution in [2.24, 2.45) is 5.41 Å².